The van der Waals surface area contributed by atoms with E-state index in [0.29, 0.717) is 11.6 Å². The Morgan fingerprint density at radius 1 is 0.971 bits per heavy atom. The Morgan fingerprint density at radius 3 is 2.46 bits per heavy atom. The maximum atomic E-state index is 12.2. The van der Waals surface area contributed by atoms with E-state index in [-0.39, 0.29) is 5.63 Å². The van der Waals surface area contributed by atoms with Crippen LogP contribution < -0.4 is 15.7 Å². The molecule has 0 aliphatic carbocycles. The minimum absolute atomic E-state index is 0.319. The fourth-order valence-corrected chi connectivity index (χ4v) is 4.63. The summed E-state index contributed by atoms with van der Waals surface area (Å²) in [5, 5.41) is 4.56. The summed E-state index contributed by atoms with van der Waals surface area (Å²) in [6, 6.07) is 26.2. The van der Waals surface area contributed by atoms with E-state index in [9.17, 15) is 4.79 Å². The van der Waals surface area contributed by atoms with Gasteiger partial charge in [-0.1, -0.05) is 60.7 Å². The highest BCUT2D eigenvalue weighted by atomic mass is 16.5. The number of fused-ring (bicyclic) bond motifs is 1. The third kappa shape index (κ3) is 5.64. The van der Waals surface area contributed by atoms with E-state index in [0.717, 1.165) is 60.4 Å². The Bertz CT molecular complexity index is 1350. The van der Waals surface area contributed by atoms with E-state index in [2.05, 4.69) is 52.7 Å². The first-order valence-electron chi connectivity index (χ1n) is 12.1. The number of piperidine rings is 1. The zero-order chi connectivity index (χ0) is 24.0. The molecule has 1 N–H and O–H groups in total. The molecule has 35 heavy (non-hydrogen) atoms. The first kappa shape index (κ1) is 22.9. The maximum absolute atomic E-state index is 12.2. The van der Waals surface area contributed by atoms with Gasteiger partial charge in [-0.2, -0.15) is 0 Å². The van der Waals surface area contributed by atoms with Gasteiger partial charge in [-0.3, -0.25) is 4.90 Å². The second kappa shape index (κ2) is 10.6. The molecule has 1 aliphatic heterocycles. The van der Waals surface area contributed by atoms with Gasteiger partial charge in [0.05, 0.1) is 12.8 Å². The van der Waals surface area contributed by atoms with Crippen molar-refractivity contribution in [3.05, 3.63) is 101 Å². The number of anilines is 1. The van der Waals surface area contributed by atoms with Gasteiger partial charge >= 0.3 is 5.63 Å². The number of nitrogens with one attached hydrogen (secondary N) is 1. The molecule has 1 saturated heterocycles. The first-order chi connectivity index (χ1) is 17.2. The Hall–Kier alpha value is -3.83. The third-order valence-corrected chi connectivity index (χ3v) is 6.59. The molecule has 0 atom stereocenters. The van der Waals surface area contributed by atoms with E-state index in [1.165, 1.54) is 5.56 Å². The Labute approximate surface area is 205 Å². The molecule has 4 aromatic rings. The van der Waals surface area contributed by atoms with Crippen molar-refractivity contribution in [3.63, 3.8) is 0 Å². The van der Waals surface area contributed by atoms with Gasteiger partial charge in [-0.25, -0.2) is 4.79 Å². The molecular weight excluding hydrogens is 436 g/mol. The lowest BCUT2D eigenvalue weighted by Gasteiger charge is -2.32. The molecule has 3 aromatic carbocycles. The highest BCUT2D eigenvalue weighted by molar-refractivity contribution is 5.93. The summed E-state index contributed by atoms with van der Waals surface area (Å²) in [5.74, 6) is 0.824. The highest BCUT2D eigenvalue weighted by Gasteiger charge is 2.19. The van der Waals surface area contributed by atoms with E-state index in [1.807, 2.05) is 42.5 Å². The van der Waals surface area contributed by atoms with Gasteiger partial charge in [0, 0.05) is 37.1 Å². The third-order valence-electron chi connectivity index (χ3n) is 6.59. The first-order valence-corrected chi connectivity index (χ1v) is 12.1. The summed E-state index contributed by atoms with van der Waals surface area (Å²) in [7, 11) is 1.66. The Morgan fingerprint density at radius 2 is 1.71 bits per heavy atom. The molecule has 5 heteroatoms. The van der Waals surface area contributed by atoms with E-state index in [4.69, 9.17) is 9.15 Å². The molecule has 0 spiro atoms. The van der Waals surface area contributed by atoms with Crippen LogP contribution in [0, 0.1) is 0 Å². The van der Waals surface area contributed by atoms with Crippen molar-refractivity contribution in [2.45, 2.75) is 18.9 Å². The number of methoxy groups -OCH3 is 1. The largest absolute Gasteiger partial charge is 0.497 e. The van der Waals surface area contributed by atoms with Crippen molar-refractivity contribution in [2.24, 2.45) is 0 Å². The topological polar surface area (TPSA) is 54.7 Å². The number of benzene rings is 3. The van der Waals surface area contributed by atoms with Crippen molar-refractivity contribution < 1.29 is 9.15 Å². The molecule has 2 heterocycles. The van der Waals surface area contributed by atoms with Gasteiger partial charge in [0.1, 0.15) is 11.3 Å². The van der Waals surface area contributed by atoms with Crippen LogP contribution in [0.2, 0.25) is 0 Å². The zero-order valence-corrected chi connectivity index (χ0v) is 19.9. The van der Waals surface area contributed by atoms with Gasteiger partial charge in [0.15, 0.2) is 0 Å². The lowest BCUT2D eigenvalue weighted by atomic mass is 10.0. The lowest BCUT2D eigenvalue weighted by molar-refractivity contribution is 0.240. The second-order valence-corrected chi connectivity index (χ2v) is 8.95. The van der Waals surface area contributed by atoms with Crippen molar-refractivity contribution in [3.8, 4) is 16.9 Å². The number of rotatable bonds is 7. The fraction of sp³-hybridized carbons (Fsp3) is 0.233. The summed E-state index contributed by atoms with van der Waals surface area (Å²) in [4.78, 5) is 14.7. The second-order valence-electron chi connectivity index (χ2n) is 8.95. The van der Waals surface area contributed by atoms with Crippen molar-refractivity contribution in [1.82, 2.24) is 4.90 Å². The average molecular weight is 467 g/mol. The van der Waals surface area contributed by atoms with Crippen LogP contribution in [0.1, 0.15) is 18.4 Å². The zero-order valence-electron chi connectivity index (χ0n) is 19.9. The van der Waals surface area contributed by atoms with Crippen LogP contribution in [0.4, 0.5) is 5.69 Å². The molecule has 0 radical (unpaired) electrons. The smallest absolute Gasteiger partial charge is 0.338 e. The molecule has 0 amide bonds. The van der Waals surface area contributed by atoms with Crippen LogP contribution >= 0.6 is 0 Å². The summed E-state index contributed by atoms with van der Waals surface area (Å²) < 4.78 is 10.8. The SMILES string of the molecule is COc1ccc(-c2ccc3oc(=O)cc(NC4CCN(CC=Cc5ccccc5)CC4)c3c2)cc1. The van der Waals surface area contributed by atoms with E-state index >= 15 is 0 Å². The minimum atomic E-state index is -0.333. The van der Waals surface area contributed by atoms with Gasteiger partial charge < -0.3 is 14.5 Å². The number of hydrogen-bond acceptors (Lipinski definition) is 5. The molecular formula is C30H30N2O3. The number of nitrogens with zero attached hydrogens (tertiary/aromatic N) is 1. The molecule has 1 aromatic heterocycles. The molecule has 1 aliphatic rings. The molecule has 178 valence electrons. The number of ether oxygens (including phenoxy) is 1. The van der Waals surface area contributed by atoms with Crippen molar-refractivity contribution >= 4 is 22.7 Å². The molecule has 5 rings (SSSR count). The molecule has 1 fully saturated rings. The molecule has 0 unspecified atom stereocenters. The van der Waals surface area contributed by atoms with Crippen LogP contribution in [0.5, 0.6) is 5.75 Å². The average Bonchev–Trinajstić information content (AvgIpc) is 2.90. The van der Waals surface area contributed by atoms with Crippen LogP contribution in [-0.2, 0) is 0 Å². The van der Waals surface area contributed by atoms with Gasteiger partial charge in [0.2, 0.25) is 0 Å². The van der Waals surface area contributed by atoms with Crippen molar-refractivity contribution in [1.29, 1.82) is 0 Å². The highest BCUT2D eigenvalue weighted by Crippen LogP contribution is 2.30. The normalized spacial score (nSPS) is 15.0. The van der Waals surface area contributed by atoms with Crippen LogP contribution in [0.15, 0.2) is 94.2 Å². The predicted octanol–water partition coefficient (Wildman–Crippen LogP) is 6.06. The molecule has 0 saturated carbocycles. The number of hydrogen-bond donors (Lipinski definition) is 1. The molecule has 0 bridgehead atoms. The van der Waals surface area contributed by atoms with E-state index < -0.39 is 0 Å². The van der Waals surface area contributed by atoms with Gasteiger partial charge in [-0.15, -0.1) is 0 Å². The summed E-state index contributed by atoms with van der Waals surface area (Å²) in [6.07, 6.45) is 6.47. The Kier molecular flexibility index (Phi) is 6.96. The molecule has 5 nitrogen and oxygen atoms in total. The summed E-state index contributed by atoms with van der Waals surface area (Å²) in [6.45, 7) is 2.99. The predicted molar refractivity (Wildman–Crippen MR) is 143 cm³/mol. The van der Waals surface area contributed by atoms with Crippen LogP contribution in [0.25, 0.3) is 28.2 Å². The monoisotopic (exact) mass is 466 g/mol. The fourth-order valence-electron chi connectivity index (χ4n) is 4.63. The lowest BCUT2D eigenvalue weighted by Crippen LogP contribution is -2.39. The van der Waals surface area contributed by atoms with E-state index in [1.54, 1.807) is 13.2 Å². The van der Waals surface area contributed by atoms with Crippen LogP contribution in [-0.4, -0.2) is 37.7 Å². The van der Waals surface area contributed by atoms with Gasteiger partial charge in [-0.05, 0) is 53.8 Å². The number of likely N-dealkylation sites (tertiary alicyclic amines) is 1. The van der Waals surface area contributed by atoms with Crippen LogP contribution in [0.3, 0.4) is 0 Å². The summed E-state index contributed by atoms with van der Waals surface area (Å²) in [5.41, 5.74) is 4.49. The van der Waals surface area contributed by atoms with Crippen molar-refractivity contribution in [2.75, 3.05) is 32.1 Å². The maximum Gasteiger partial charge on any atom is 0.338 e. The summed E-state index contributed by atoms with van der Waals surface area (Å²) >= 11 is 0. The minimum Gasteiger partial charge on any atom is -0.497 e. The standard InChI is InChI=1S/C30H30N2O3/c1-34-26-12-9-23(10-13-26)24-11-14-29-27(20-24)28(21-30(33)35-29)31-25-15-18-32(19-16-25)17-5-8-22-6-3-2-4-7-22/h2-14,20-21,25,31H,15-19H2,1H3. The quantitative estimate of drug-likeness (QED) is 0.336. The Balaban J connectivity index is 1.27. The van der Waals surface area contributed by atoms with Gasteiger partial charge in [0.25, 0.3) is 0 Å².